The molecule has 4 aliphatic carbocycles. The summed E-state index contributed by atoms with van der Waals surface area (Å²) in [6.45, 7) is 11.9. The number of rotatable bonds is 8. The fourth-order valence-corrected chi connectivity index (χ4v) is 7.36. The van der Waals surface area contributed by atoms with Gasteiger partial charge in [0.15, 0.2) is 0 Å². The van der Waals surface area contributed by atoms with Crippen LogP contribution in [0.5, 0.6) is 0 Å². The van der Waals surface area contributed by atoms with Gasteiger partial charge in [-0.2, -0.15) is 0 Å². The summed E-state index contributed by atoms with van der Waals surface area (Å²) < 4.78 is 6.20. The van der Waals surface area contributed by atoms with Gasteiger partial charge in [-0.1, -0.05) is 45.1 Å². The Morgan fingerprint density at radius 3 is 2.52 bits per heavy atom. The fourth-order valence-electron chi connectivity index (χ4n) is 7.36. The van der Waals surface area contributed by atoms with Crippen LogP contribution in [0.25, 0.3) is 0 Å². The standard InChI is InChI=1S/C29H46O4/c1-5-29(32,6-2)19-33-18-28(14-15-28)26-12-11-24-21(8-7-13-27(24,26)4)9-10-22-16-23(30)17-25(31)20(22)3/h9-10,23-26,30-32H,3,5-8,11-19H2,1-2,4H3/t23-,24+,25+,26+,27+/m1/s1. The van der Waals surface area contributed by atoms with E-state index in [1.807, 2.05) is 13.8 Å². The summed E-state index contributed by atoms with van der Waals surface area (Å²) in [5, 5.41) is 30.9. The number of allylic oxidation sites excluding steroid dienone is 3. The Morgan fingerprint density at radius 2 is 1.85 bits per heavy atom. The maximum absolute atomic E-state index is 10.6. The molecule has 0 radical (unpaired) electrons. The van der Waals surface area contributed by atoms with Crippen LogP contribution in [-0.2, 0) is 4.74 Å². The first-order valence-corrected chi connectivity index (χ1v) is 13.4. The van der Waals surface area contributed by atoms with E-state index in [9.17, 15) is 15.3 Å². The van der Waals surface area contributed by atoms with Gasteiger partial charge in [0.25, 0.3) is 0 Å². The topological polar surface area (TPSA) is 69.9 Å². The summed E-state index contributed by atoms with van der Waals surface area (Å²) >= 11 is 0. The zero-order chi connectivity index (χ0) is 23.9. The summed E-state index contributed by atoms with van der Waals surface area (Å²) in [5.74, 6) is 1.30. The number of aliphatic hydroxyl groups excluding tert-OH is 2. The molecule has 0 aromatic rings. The molecule has 186 valence electrons. The Bertz CT molecular complexity index is 787. The van der Waals surface area contributed by atoms with Gasteiger partial charge in [-0.3, -0.25) is 0 Å². The van der Waals surface area contributed by atoms with E-state index in [1.165, 1.54) is 38.5 Å². The molecule has 0 aromatic carbocycles. The highest BCUT2D eigenvalue weighted by Gasteiger charge is 2.61. The average Bonchev–Trinajstić information content (AvgIpc) is 3.47. The number of ether oxygens (including phenoxy) is 1. The molecule has 4 fully saturated rings. The summed E-state index contributed by atoms with van der Waals surface area (Å²) in [5.41, 5.74) is 3.26. The van der Waals surface area contributed by atoms with E-state index in [1.54, 1.807) is 5.57 Å². The van der Waals surface area contributed by atoms with Crippen molar-refractivity contribution in [1.82, 2.24) is 0 Å². The Kier molecular flexibility index (Phi) is 7.32. The quantitative estimate of drug-likeness (QED) is 0.451. The van der Waals surface area contributed by atoms with Gasteiger partial charge in [0.1, 0.15) is 0 Å². The van der Waals surface area contributed by atoms with Crippen LogP contribution in [0, 0.1) is 22.7 Å². The third-order valence-corrected chi connectivity index (χ3v) is 9.94. The minimum Gasteiger partial charge on any atom is -0.393 e. The summed E-state index contributed by atoms with van der Waals surface area (Å²) in [4.78, 5) is 0. The third-order valence-electron chi connectivity index (χ3n) is 9.94. The molecule has 4 saturated carbocycles. The van der Waals surface area contributed by atoms with E-state index in [2.05, 4.69) is 25.7 Å². The first-order valence-electron chi connectivity index (χ1n) is 13.4. The van der Waals surface area contributed by atoms with Crippen molar-refractivity contribution in [2.24, 2.45) is 22.7 Å². The van der Waals surface area contributed by atoms with E-state index < -0.39 is 17.8 Å². The Balaban J connectivity index is 1.46. The molecular weight excluding hydrogens is 412 g/mol. The highest BCUT2D eigenvalue weighted by atomic mass is 16.5. The SMILES string of the molecule is C=C1C(=CC=C2CCC[C@]3(C)[C@@H](C4(COCC(O)(CC)CC)CC4)CC[C@@H]23)C[C@@H](O)C[C@@H]1O. The second-order valence-corrected chi connectivity index (χ2v) is 11.9. The Hall–Kier alpha value is -0.940. The Morgan fingerprint density at radius 1 is 1.12 bits per heavy atom. The van der Waals surface area contributed by atoms with E-state index in [0.29, 0.717) is 42.1 Å². The van der Waals surface area contributed by atoms with Crippen molar-refractivity contribution in [3.05, 3.63) is 35.5 Å². The molecule has 0 bridgehead atoms. The lowest BCUT2D eigenvalue weighted by Gasteiger charge is -2.45. The monoisotopic (exact) mass is 458 g/mol. The van der Waals surface area contributed by atoms with Crippen LogP contribution in [0.15, 0.2) is 35.5 Å². The van der Waals surface area contributed by atoms with Crippen LogP contribution in [0.1, 0.15) is 91.4 Å². The predicted octanol–water partition coefficient (Wildman–Crippen LogP) is 5.48. The largest absolute Gasteiger partial charge is 0.393 e. The minimum absolute atomic E-state index is 0.304. The zero-order valence-electron chi connectivity index (χ0n) is 21.1. The van der Waals surface area contributed by atoms with Crippen molar-refractivity contribution in [3.8, 4) is 0 Å². The van der Waals surface area contributed by atoms with Crippen molar-refractivity contribution in [1.29, 1.82) is 0 Å². The zero-order valence-corrected chi connectivity index (χ0v) is 21.1. The maximum atomic E-state index is 10.6. The van der Waals surface area contributed by atoms with E-state index in [0.717, 1.165) is 37.0 Å². The molecule has 0 aromatic heterocycles. The first-order chi connectivity index (χ1) is 15.7. The van der Waals surface area contributed by atoms with Gasteiger partial charge in [-0.25, -0.2) is 0 Å². The van der Waals surface area contributed by atoms with Crippen LogP contribution in [-0.4, -0.2) is 46.3 Å². The van der Waals surface area contributed by atoms with E-state index in [-0.39, 0.29) is 0 Å². The van der Waals surface area contributed by atoms with Crippen LogP contribution >= 0.6 is 0 Å². The lowest BCUT2D eigenvalue weighted by atomic mass is 9.60. The van der Waals surface area contributed by atoms with Gasteiger partial charge >= 0.3 is 0 Å². The van der Waals surface area contributed by atoms with E-state index in [4.69, 9.17) is 4.74 Å². The second-order valence-electron chi connectivity index (χ2n) is 11.9. The first kappa shape index (κ1) is 25.2. The summed E-state index contributed by atoms with van der Waals surface area (Å²) in [6, 6.07) is 0. The number of aliphatic hydroxyl groups is 3. The molecule has 0 heterocycles. The highest BCUT2D eigenvalue weighted by Crippen LogP contribution is 2.68. The molecule has 33 heavy (non-hydrogen) atoms. The minimum atomic E-state index is -0.684. The average molecular weight is 459 g/mol. The molecular formula is C29H46O4. The van der Waals surface area contributed by atoms with Crippen molar-refractivity contribution < 1.29 is 20.1 Å². The van der Waals surface area contributed by atoms with Gasteiger partial charge < -0.3 is 20.1 Å². The normalized spacial score (nSPS) is 38.7. The predicted molar refractivity (Wildman–Crippen MR) is 133 cm³/mol. The van der Waals surface area contributed by atoms with Gasteiger partial charge in [0, 0.05) is 6.42 Å². The lowest BCUT2D eigenvalue weighted by molar-refractivity contribution is -0.0731. The second kappa shape index (κ2) is 9.60. The molecule has 0 aliphatic heterocycles. The molecule has 4 aliphatic rings. The number of hydrogen-bond donors (Lipinski definition) is 3. The van der Waals surface area contributed by atoms with Crippen molar-refractivity contribution in [3.63, 3.8) is 0 Å². The fraction of sp³-hybridized carbons (Fsp3) is 0.793. The smallest absolute Gasteiger partial charge is 0.0874 e. The molecule has 3 N–H and O–H groups in total. The van der Waals surface area contributed by atoms with Crippen LogP contribution < -0.4 is 0 Å². The van der Waals surface area contributed by atoms with Crippen LogP contribution in [0.4, 0.5) is 0 Å². The molecule has 0 saturated heterocycles. The van der Waals surface area contributed by atoms with Crippen molar-refractivity contribution in [2.45, 2.75) is 109 Å². The summed E-state index contributed by atoms with van der Waals surface area (Å²) in [6.07, 6.45) is 14.5. The molecule has 0 unspecified atom stereocenters. The summed E-state index contributed by atoms with van der Waals surface area (Å²) in [7, 11) is 0. The van der Waals surface area contributed by atoms with Gasteiger partial charge in [-0.05, 0) is 98.0 Å². The molecule has 4 heteroatoms. The maximum Gasteiger partial charge on any atom is 0.0874 e. The van der Waals surface area contributed by atoms with Crippen molar-refractivity contribution in [2.75, 3.05) is 13.2 Å². The molecule has 5 atom stereocenters. The molecule has 0 amide bonds. The molecule has 4 nitrogen and oxygen atoms in total. The van der Waals surface area contributed by atoms with Gasteiger partial charge in [0.05, 0.1) is 31.0 Å². The third kappa shape index (κ3) is 4.91. The highest BCUT2D eigenvalue weighted by molar-refractivity contribution is 5.38. The van der Waals surface area contributed by atoms with Crippen LogP contribution in [0.3, 0.4) is 0 Å². The lowest BCUT2D eigenvalue weighted by Crippen LogP contribution is -2.40. The molecule has 0 spiro atoms. The van der Waals surface area contributed by atoms with Crippen LogP contribution in [0.2, 0.25) is 0 Å². The Labute approximate surface area is 200 Å². The molecule has 4 rings (SSSR count). The van der Waals surface area contributed by atoms with Gasteiger partial charge in [0.2, 0.25) is 0 Å². The van der Waals surface area contributed by atoms with Crippen molar-refractivity contribution >= 4 is 0 Å². The van der Waals surface area contributed by atoms with Gasteiger partial charge in [-0.15, -0.1) is 0 Å². The number of hydrogen-bond acceptors (Lipinski definition) is 4. The number of fused-ring (bicyclic) bond motifs is 1. The van der Waals surface area contributed by atoms with E-state index >= 15 is 0 Å².